The third-order valence-corrected chi connectivity index (χ3v) is 9.38. The Kier molecular flexibility index (Phi) is 5.17. The molecule has 2 fully saturated rings. The topological polar surface area (TPSA) is 54.5 Å². The molecule has 1 saturated carbocycles. The largest absolute Gasteiger partial charge is 0.298 e. The van der Waals surface area contributed by atoms with E-state index in [4.69, 9.17) is 0 Å². The molecule has 3 aliphatic rings. The zero-order chi connectivity index (χ0) is 26.1. The number of rotatable bonds is 5. The van der Waals surface area contributed by atoms with Crippen molar-refractivity contribution >= 4 is 34.4 Å². The highest BCUT2D eigenvalue weighted by molar-refractivity contribution is 6.34. The fourth-order valence-electron chi connectivity index (χ4n) is 7.67. The van der Waals surface area contributed by atoms with E-state index in [9.17, 15) is 14.4 Å². The SMILES string of the molecule is CC[C@]12C(=O)[C@@](CC)(C(c3ccccc3)=C1c1ccccc1)[C@H]1C(=O)N(c3cccc(C)c3C)C(=O)[C@H]12. The summed E-state index contributed by atoms with van der Waals surface area (Å²) >= 11 is 0. The van der Waals surface area contributed by atoms with Crippen LogP contribution in [0, 0.1) is 36.5 Å². The van der Waals surface area contributed by atoms with Gasteiger partial charge in [0.2, 0.25) is 11.8 Å². The van der Waals surface area contributed by atoms with Crippen LogP contribution in [0.15, 0.2) is 78.9 Å². The molecule has 1 saturated heterocycles. The fraction of sp³-hybridized carbons (Fsp3) is 0.303. The van der Waals surface area contributed by atoms with Gasteiger partial charge in [0.25, 0.3) is 0 Å². The Morgan fingerprint density at radius 1 is 0.649 bits per heavy atom. The molecule has 3 aromatic carbocycles. The summed E-state index contributed by atoms with van der Waals surface area (Å²) in [6.07, 6.45) is 0.934. The first-order chi connectivity index (χ1) is 17.9. The van der Waals surface area contributed by atoms with E-state index in [1.165, 1.54) is 4.90 Å². The summed E-state index contributed by atoms with van der Waals surface area (Å²) in [5, 5.41) is 0. The van der Waals surface area contributed by atoms with Gasteiger partial charge in [-0.3, -0.25) is 14.4 Å². The maximum Gasteiger partial charge on any atom is 0.239 e. The number of fused-ring (bicyclic) bond motifs is 5. The molecular weight excluding hydrogens is 458 g/mol. The number of Topliss-reactive ketones (excluding diaryl/α,β-unsaturated/α-hetero) is 1. The normalized spacial score (nSPS) is 28.4. The molecule has 1 heterocycles. The first kappa shape index (κ1) is 23.6. The lowest BCUT2D eigenvalue weighted by atomic mass is 9.60. The first-order valence-corrected chi connectivity index (χ1v) is 13.2. The quantitative estimate of drug-likeness (QED) is 0.389. The van der Waals surface area contributed by atoms with Gasteiger partial charge in [-0.2, -0.15) is 0 Å². The zero-order valence-corrected chi connectivity index (χ0v) is 21.7. The van der Waals surface area contributed by atoms with Gasteiger partial charge < -0.3 is 0 Å². The van der Waals surface area contributed by atoms with E-state index >= 15 is 0 Å². The molecule has 4 atom stereocenters. The number of hydrogen-bond acceptors (Lipinski definition) is 3. The molecule has 3 aromatic rings. The van der Waals surface area contributed by atoms with Crippen LogP contribution in [-0.4, -0.2) is 17.6 Å². The number of benzene rings is 3. The number of hydrogen-bond donors (Lipinski definition) is 0. The summed E-state index contributed by atoms with van der Waals surface area (Å²) in [6, 6.07) is 25.7. The zero-order valence-electron chi connectivity index (χ0n) is 21.7. The molecule has 0 spiro atoms. The van der Waals surface area contributed by atoms with Crippen LogP contribution >= 0.6 is 0 Å². The Labute approximate surface area is 218 Å². The smallest absolute Gasteiger partial charge is 0.239 e. The molecule has 2 bridgehead atoms. The van der Waals surface area contributed by atoms with Crippen LogP contribution in [-0.2, 0) is 14.4 Å². The van der Waals surface area contributed by atoms with E-state index in [1.54, 1.807) is 0 Å². The van der Waals surface area contributed by atoms with Gasteiger partial charge in [0.1, 0.15) is 0 Å². The second-order valence-electron chi connectivity index (χ2n) is 10.6. The minimum absolute atomic E-state index is 0.0417. The van der Waals surface area contributed by atoms with E-state index in [2.05, 4.69) is 0 Å². The number of ketones is 1. The Hall–Kier alpha value is -3.79. The van der Waals surface area contributed by atoms with E-state index < -0.39 is 22.7 Å². The lowest BCUT2D eigenvalue weighted by Crippen LogP contribution is -2.42. The molecular formula is C33H31NO3. The summed E-state index contributed by atoms with van der Waals surface area (Å²) in [6.45, 7) is 7.93. The number of allylic oxidation sites excluding steroid dienone is 2. The number of anilines is 1. The minimum atomic E-state index is -1.05. The number of aryl methyl sites for hydroxylation is 1. The Bertz CT molecular complexity index is 1400. The predicted octanol–water partition coefficient (Wildman–Crippen LogP) is 6.41. The average molecular weight is 490 g/mol. The van der Waals surface area contributed by atoms with Crippen molar-refractivity contribution in [3.8, 4) is 0 Å². The molecule has 2 aliphatic carbocycles. The number of nitrogens with zero attached hydrogens (tertiary/aromatic N) is 1. The molecule has 6 rings (SSSR count). The maximum atomic E-state index is 14.7. The van der Waals surface area contributed by atoms with Gasteiger partial charge in [-0.15, -0.1) is 0 Å². The van der Waals surface area contributed by atoms with Crippen LogP contribution in [0.5, 0.6) is 0 Å². The Balaban J connectivity index is 1.68. The summed E-state index contributed by atoms with van der Waals surface area (Å²) in [7, 11) is 0. The van der Waals surface area contributed by atoms with Crippen LogP contribution in [0.4, 0.5) is 5.69 Å². The molecule has 0 aromatic heterocycles. The number of amides is 2. The first-order valence-electron chi connectivity index (χ1n) is 13.2. The molecule has 0 N–H and O–H groups in total. The van der Waals surface area contributed by atoms with Crippen molar-refractivity contribution in [3.63, 3.8) is 0 Å². The van der Waals surface area contributed by atoms with Gasteiger partial charge in [0, 0.05) is 0 Å². The van der Waals surface area contributed by atoms with Crippen LogP contribution in [0.1, 0.15) is 48.9 Å². The summed E-state index contributed by atoms with van der Waals surface area (Å²) < 4.78 is 0. The van der Waals surface area contributed by atoms with Crippen molar-refractivity contribution in [3.05, 3.63) is 101 Å². The van der Waals surface area contributed by atoms with Gasteiger partial charge >= 0.3 is 0 Å². The number of carbonyl (C=O) groups is 3. The number of imide groups is 1. The third-order valence-electron chi connectivity index (χ3n) is 9.38. The average Bonchev–Trinajstić information content (AvgIpc) is 3.42. The molecule has 0 radical (unpaired) electrons. The molecule has 186 valence electrons. The standard InChI is InChI=1S/C33H31NO3/c1-5-32-25(22-15-9-7-10-16-22)26(23-17-11-8-12-18-23)33(6-2,31(32)37)28-27(32)29(35)34(30(28)36)24-19-13-14-20(3)21(24)4/h7-19,27-28H,5-6H2,1-4H3/t27-,28+,32-,33-/m0/s1. The van der Waals surface area contributed by atoms with Gasteiger partial charge in [-0.25, -0.2) is 4.90 Å². The Morgan fingerprint density at radius 2 is 1.11 bits per heavy atom. The molecule has 4 heteroatoms. The monoisotopic (exact) mass is 489 g/mol. The fourth-order valence-corrected chi connectivity index (χ4v) is 7.67. The van der Waals surface area contributed by atoms with Crippen molar-refractivity contribution in [2.75, 3.05) is 4.90 Å². The van der Waals surface area contributed by atoms with E-state index in [-0.39, 0.29) is 17.6 Å². The van der Waals surface area contributed by atoms with Crippen molar-refractivity contribution in [1.82, 2.24) is 0 Å². The second kappa shape index (κ2) is 8.11. The summed E-state index contributed by atoms with van der Waals surface area (Å²) in [5.74, 6) is -1.86. The molecule has 1 aliphatic heterocycles. The van der Waals surface area contributed by atoms with Crippen LogP contribution in [0.2, 0.25) is 0 Å². The van der Waals surface area contributed by atoms with Gasteiger partial charge in [0.15, 0.2) is 5.78 Å². The lowest BCUT2D eigenvalue weighted by molar-refractivity contribution is -0.134. The van der Waals surface area contributed by atoms with Crippen LogP contribution in [0.25, 0.3) is 11.1 Å². The summed E-state index contributed by atoms with van der Waals surface area (Å²) in [5.41, 5.74) is 4.25. The lowest BCUT2D eigenvalue weighted by Gasteiger charge is -2.38. The minimum Gasteiger partial charge on any atom is -0.298 e. The van der Waals surface area contributed by atoms with Crippen LogP contribution in [0.3, 0.4) is 0 Å². The maximum absolute atomic E-state index is 14.7. The van der Waals surface area contributed by atoms with Gasteiger partial charge in [0.05, 0.1) is 28.4 Å². The highest BCUT2D eigenvalue weighted by Gasteiger charge is 2.80. The Morgan fingerprint density at radius 3 is 1.54 bits per heavy atom. The third kappa shape index (κ3) is 2.71. The second-order valence-corrected chi connectivity index (χ2v) is 10.6. The van der Waals surface area contributed by atoms with E-state index in [1.807, 2.05) is 107 Å². The van der Waals surface area contributed by atoms with Crippen molar-refractivity contribution < 1.29 is 14.4 Å². The molecule has 37 heavy (non-hydrogen) atoms. The molecule has 0 unspecified atom stereocenters. The highest BCUT2D eigenvalue weighted by atomic mass is 16.2. The van der Waals surface area contributed by atoms with Crippen molar-refractivity contribution in [2.45, 2.75) is 40.5 Å². The van der Waals surface area contributed by atoms with Crippen LogP contribution < -0.4 is 4.90 Å². The number of carbonyl (C=O) groups excluding carboxylic acids is 3. The van der Waals surface area contributed by atoms with Gasteiger partial charge in [-0.05, 0) is 66.2 Å². The van der Waals surface area contributed by atoms with Crippen molar-refractivity contribution in [2.24, 2.45) is 22.7 Å². The predicted molar refractivity (Wildman–Crippen MR) is 146 cm³/mol. The molecule has 4 nitrogen and oxygen atoms in total. The van der Waals surface area contributed by atoms with E-state index in [0.29, 0.717) is 18.5 Å². The highest BCUT2D eigenvalue weighted by Crippen LogP contribution is 2.75. The van der Waals surface area contributed by atoms with Gasteiger partial charge in [-0.1, -0.05) is 86.6 Å². The summed E-state index contributed by atoms with van der Waals surface area (Å²) in [4.78, 5) is 44.9. The molecule has 2 amide bonds. The van der Waals surface area contributed by atoms with Crippen molar-refractivity contribution in [1.29, 1.82) is 0 Å². The van der Waals surface area contributed by atoms with E-state index in [0.717, 1.165) is 33.4 Å².